The van der Waals surface area contributed by atoms with Crippen LogP contribution in [0.1, 0.15) is 23.5 Å². The Balaban J connectivity index is 1.34. The Hall–Kier alpha value is -3.80. The van der Waals surface area contributed by atoms with Gasteiger partial charge in [-0.25, -0.2) is 0 Å². The van der Waals surface area contributed by atoms with Crippen LogP contribution in [0, 0.1) is 0 Å². The molecule has 0 atom stereocenters. The first kappa shape index (κ1) is 20.5. The molecule has 0 aromatic heterocycles. The fraction of sp³-hybridized carbons (Fsp3) is 0.200. The molecule has 0 unspecified atom stereocenters. The predicted molar refractivity (Wildman–Crippen MR) is 116 cm³/mol. The molecule has 6 nitrogen and oxygen atoms in total. The van der Waals surface area contributed by atoms with Gasteiger partial charge in [0.25, 0.3) is 5.91 Å². The molecule has 3 aromatic carbocycles. The summed E-state index contributed by atoms with van der Waals surface area (Å²) in [6, 6.07) is 24.7. The average molecular weight is 417 g/mol. The number of fused-ring (bicyclic) bond motifs is 1. The Morgan fingerprint density at radius 1 is 0.839 bits per heavy atom. The zero-order valence-electron chi connectivity index (χ0n) is 17.0. The number of hydrogen-bond acceptors (Lipinski definition) is 5. The molecule has 0 aliphatic carbocycles. The first-order chi connectivity index (χ1) is 15.2. The van der Waals surface area contributed by atoms with Crippen molar-refractivity contribution in [3.05, 3.63) is 90.0 Å². The van der Waals surface area contributed by atoms with Gasteiger partial charge in [0.15, 0.2) is 18.1 Å². The highest BCUT2D eigenvalue weighted by atomic mass is 16.6. The van der Waals surface area contributed by atoms with Crippen molar-refractivity contribution in [1.29, 1.82) is 0 Å². The highest BCUT2D eigenvalue weighted by Gasteiger charge is 2.20. The number of carbonyl (C=O) groups excluding carboxylic acids is 2. The van der Waals surface area contributed by atoms with Crippen LogP contribution in [0.15, 0.2) is 78.9 Å². The van der Waals surface area contributed by atoms with Gasteiger partial charge in [-0.15, -0.1) is 0 Å². The fourth-order valence-corrected chi connectivity index (χ4v) is 3.49. The van der Waals surface area contributed by atoms with Crippen molar-refractivity contribution < 1.29 is 23.8 Å². The van der Waals surface area contributed by atoms with Gasteiger partial charge in [-0.3, -0.25) is 9.59 Å². The molecule has 1 heterocycles. The third kappa shape index (κ3) is 5.42. The average Bonchev–Trinajstić information content (AvgIpc) is 2.82. The van der Waals surface area contributed by atoms with Crippen LogP contribution < -0.4 is 14.8 Å². The zero-order valence-corrected chi connectivity index (χ0v) is 17.0. The van der Waals surface area contributed by atoms with E-state index in [9.17, 15) is 9.59 Å². The van der Waals surface area contributed by atoms with E-state index in [0.717, 1.165) is 11.1 Å². The van der Waals surface area contributed by atoms with E-state index < -0.39 is 11.9 Å². The lowest BCUT2D eigenvalue weighted by Gasteiger charge is -2.19. The lowest BCUT2D eigenvalue weighted by Crippen LogP contribution is -2.22. The van der Waals surface area contributed by atoms with Crippen LogP contribution in [0.3, 0.4) is 0 Å². The number of amides is 1. The molecule has 0 spiro atoms. The summed E-state index contributed by atoms with van der Waals surface area (Å²) in [5.74, 6) is 0.227. The van der Waals surface area contributed by atoms with Gasteiger partial charge in [-0.05, 0) is 23.3 Å². The van der Waals surface area contributed by atoms with Crippen LogP contribution in [0.5, 0.6) is 11.5 Å². The van der Waals surface area contributed by atoms with E-state index in [1.165, 1.54) is 0 Å². The molecule has 1 aliphatic rings. The number of anilines is 1. The van der Waals surface area contributed by atoms with Crippen molar-refractivity contribution >= 4 is 17.6 Å². The monoisotopic (exact) mass is 417 g/mol. The van der Waals surface area contributed by atoms with Gasteiger partial charge in [-0.2, -0.15) is 0 Å². The standard InChI is InChI=1S/C25H23NO5/c27-24(26-20-11-12-22-23(15-20)30-14-13-29-22)17-31-25(28)16-21(18-7-3-1-4-8-18)19-9-5-2-6-10-19/h1-12,15,21H,13-14,16-17H2,(H,26,27). The van der Waals surface area contributed by atoms with E-state index >= 15 is 0 Å². The molecule has 0 bridgehead atoms. The molecule has 1 aliphatic heterocycles. The molecule has 0 saturated heterocycles. The number of nitrogens with one attached hydrogen (secondary N) is 1. The molecular weight excluding hydrogens is 394 g/mol. The number of rotatable bonds is 7. The number of esters is 1. The molecule has 3 aromatic rings. The van der Waals surface area contributed by atoms with E-state index in [0.29, 0.717) is 30.4 Å². The van der Waals surface area contributed by atoms with Crippen molar-refractivity contribution in [1.82, 2.24) is 0 Å². The summed E-state index contributed by atoms with van der Waals surface area (Å²) in [5.41, 5.74) is 2.59. The molecule has 0 saturated carbocycles. The number of carbonyl (C=O) groups is 2. The van der Waals surface area contributed by atoms with Crippen molar-refractivity contribution in [2.24, 2.45) is 0 Å². The second-order valence-electron chi connectivity index (χ2n) is 7.15. The van der Waals surface area contributed by atoms with Crippen LogP contribution in [-0.4, -0.2) is 31.7 Å². The maximum absolute atomic E-state index is 12.5. The van der Waals surface area contributed by atoms with Gasteiger partial charge in [0.1, 0.15) is 13.2 Å². The molecular formula is C25H23NO5. The summed E-state index contributed by atoms with van der Waals surface area (Å²) >= 11 is 0. The molecule has 6 heteroatoms. The molecule has 1 N–H and O–H groups in total. The Morgan fingerprint density at radius 2 is 1.45 bits per heavy atom. The second kappa shape index (κ2) is 9.80. The van der Waals surface area contributed by atoms with Gasteiger partial charge in [-0.1, -0.05) is 60.7 Å². The first-order valence-corrected chi connectivity index (χ1v) is 10.1. The normalized spacial score (nSPS) is 12.3. The lowest BCUT2D eigenvalue weighted by atomic mass is 9.89. The molecule has 4 rings (SSSR count). The van der Waals surface area contributed by atoms with Crippen LogP contribution in [-0.2, 0) is 14.3 Å². The molecule has 158 valence electrons. The van der Waals surface area contributed by atoms with Crippen molar-refractivity contribution in [2.45, 2.75) is 12.3 Å². The van der Waals surface area contributed by atoms with E-state index in [1.54, 1.807) is 18.2 Å². The molecule has 1 amide bonds. The Morgan fingerprint density at radius 3 is 2.10 bits per heavy atom. The summed E-state index contributed by atoms with van der Waals surface area (Å²) in [5, 5.41) is 2.71. The third-order valence-electron chi connectivity index (χ3n) is 4.96. The third-order valence-corrected chi connectivity index (χ3v) is 4.96. The largest absolute Gasteiger partial charge is 0.486 e. The van der Waals surface area contributed by atoms with Gasteiger partial charge in [0.2, 0.25) is 0 Å². The summed E-state index contributed by atoms with van der Waals surface area (Å²) in [7, 11) is 0. The smallest absolute Gasteiger partial charge is 0.307 e. The van der Waals surface area contributed by atoms with Crippen LogP contribution in [0.4, 0.5) is 5.69 Å². The Labute approximate surface area is 180 Å². The van der Waals surface area contributed by atoms with E-state index in [-0.39, 0.29) is 18.9 Å². The maximum Gasteiger partial charge on any atom is 0.307 e. The predicted octanol–water partition coefficient (Wildman–Crippen LogP) is 4.16. The minimum Gasteiger partial charge on any atom is -0.486 e. The molecule has 0 radical (unpaired) electrons. The van der Waals surface area contributed by atoms with E-state index in [1.807, 2.05) is 60.7 Å². The van der Waals surface area contributed by atoms with Gasteiger partial charge < -0.3 is 19.5 Å². The van der Waals surface area contributed by atoms with Crippen molar-refractivity contribution in [3.8, 4) is 11.5 Å². The quantitative estimate of drug-likeness (QED) is 0.585. The number of hydrogen-bond donors (Lipinski definition) is 1. The van der Waals surface area contributed by atoms with Crippen molar-refractivity contribution in [3.63, 3.8) is 0 Å². The summed E-state index contributed by atoms with van der Waals surface area (Å²) in [6.45, 7) is 0.608. The highest BCUT2D eigenvalue weighted by molar-refractivity contribution is 5.93. The van der Waals surface area contributed by atoms with Crippen LogP contribution in [0.25, 0.3) is 0 Å². The topological polar surface area (TPSA) is 73.9 Å². The maximum atomic E-state index is 12.5. The first-order valence-electron chi connectivity index (χ1n) is 10.1. The number of benzene rings is 3. The zero-order chi connectivity index (χ0) is 21.5. The lowest BCUT2D eigenvalue weighted by molar-refractivity contribution is -0.147. The second-order valence-corrected chi connectivity index (χ2v) is 7.15. The summed E-state index contributed by atoms with van der Waals surface area (Å²) < 4.78 is 16.2. The van der Waals surface area contributed by atoms with Gasteiger partial charge >= 0.3 is 5.97 Å². The van der Waals surface area contributed by atoms with Gasteiger partial charge in [0, 0.05) is 17.7 Å². The molecule has 0 fully saturated rings. The molecule has 31 heavy (non-hydrogen) atoms. The number of ether oxygens (including phenoxy) is 3. The van der Waals surface area contributed by atoms with Gasteiger partial charge in [0.05, 0.1) is 6.42 Å². The van der Waals surface area contributed by atoms with E-state index in [4.69, 9.17) is 14.2 Å². The minimum absolute atomic E-state index is 0.143. The minimum atomic E-state index is -0.435. The summed E-state index contributed by atoms with van der Waals surface area (Å²) in [6.07, 6.45) is 0.144. The van der Waals surface area contributed by atoms with Crippen LogP contribution in [0.2, 0.25) is 0 Å². The van der Waals surface area contributed by atoms with Crippen LogP contribution >= 0.6 is 0 Å². The Kier molecular flexibility index (Phi) is 6.47. The van der Waals surface area contributed by atoms with E-state index in [2.05, 4.69) is 5.32 Å². The summed E-state index contributed by atoms with van der Waals surface area (Å²) in [4.78, 5) is 24.8. The fourth-order valence-electron chi connectivity index (χ4n) is 3.49. The SMILES string of the molecule is O=C(COC(=O)CC(c1ccccc1)c1ccccc1)Nc1ccc2c(c1)OCCO2. The Bertz CT molecular complexity index is 997. The van der Waals surface area contributed by atoms with Crippen molar-refractivity contribution in [2.75, 3.05) is 25.1 Å². The highest BCUT2D eigenvalue weighted by Crippen LogP contribution is 2.32.